The van der Waals surface area contributed by atoms with Gasteiger partial charge in [-0.05, 0) is 6.42 Å². The first-order valence-electron chi connectivity index (χ1n) is 3.29. The summed E-state index contributed by atoms with van der Waals surface area (Å²) in [5.74, 6) is 0.470. The van der Waals surface area contributed by atoms with Gasteiger partial charge in [0.2, 0.25) is 5.13 Å². The third-order valence-corrected chi connectivity index (χ3v) is 2.61. The summed E-state index contributed by atoms with van der Waals surface area (Å²) in [5, 5.41) is 17.5. The van der Waals surface area contributed by atoms with Crippen LogP contribution in [-0.4, -0.2) is 10.2 Å². The highest BCUT2D eigenvalue weighted by atomic mass is 32.1. The van der Waals surface area contributed by atoms with E-state index in [4.69, 9.17) is 11.0 Å². The Labute approximate surface area is 67.7 Å². The smallest absolute Gasteiger partial charge is 0.203 e. The molecule has 0 amide bonds. The van der Waals surface area contributed by atoms with Crippen molar-refractivity contribution in [3.05, 3.63) is 5.01 Å². The number of nitrogens with zero attached hydrogens (tertiary/aromatic N) is 3. The number of nitriles is 1. The van der Waals surface area contributed by atoms with Gasteiger partial charge in [-0.15, -0.1) is 10.2 Å². The summed E-state index contributed by atoms with van der Waals surface area (Å²) in [4.78, 5) is 0. The summed E-state index contributed by atoms with van der Waals surface area (Å²) in [5.41, 5.74) is 5.39. The van der Waals surface area contributed by atoms with Crippen molar-refractivity contribution in [3.8, 4) is 6.07 Å². The Morgan fingerprint density at radius 2 is 2.45 bits per heavy atom. The second kappa shape index (κ2) is 2.17. The normalized spacial score (nSPS) is 27.9. The van der Waals surface area contributed by atoms with Gasteiger partial charge in [0, 0.05) is 5.92 Å². The lowest BCUT2D eigenvalue weighted by Crippen LogP contribution is -1.81. The van der Waals surface area contributed by atoms with E-state index in [1.54, 1.807) is 0 Å². The standard InChI is InChI=1S/C6H6N4S/c7-2-3-1-4(3)5-9-10-6(8)11-5/h3-4H,1H2,(H2,8,10)/t3-,4+/m0/s1. The summed E-state index contributed by atoms with van der Waals surface area (Å²) in [6.45, 7) is 0. The lowest BCUT2D eigenvalue weighted by atomic mass is 10.3. The van der Waals surface area contributed by atoms with Crippen LogP contribution in [0.1, 0.15) is 17.3 Å². The Balaban J connectivity index is 2.16. The Morgan fingerprint density at radius 1 is 1.64 bits per heavy atom. The molecular formula is C6H6N4S. The van der Waals surface area contributed by atoms with E-state index in [2.05, 4.69) is 16.3 Å². The Hall–Kier alpha value is -1.15. The SMILES string of the molecule is N#C[C@@H]1C[C@H]1c1nnc(N)s1. The van der Waals surface area contributed by atoms with Crippen molar-refractivity contribution in [1.82, 2.24) is 10.2 Å². The molecule has 2 atom stereocenters. The zero-order valence-corrected chi connectivity index (χ0v) is 6.51. The van der Waals surface area contributed by atoms with Crippen molar-refractivity contribution in [2.24, 2.45) is 5.92 Å². The van der Waals surface area contributed by atoms with E-state index in [1.165, 1.54) is 11.3 Å². The number of nitrogen functional groups attached to an aromatic ring is 1. The van der Waals surface area contributed by atoms with Crippen molar-refractivity contribution >= 4 is 16.5 Å². The van der Waals surface area contributed by atoms with Crippen LogP contribution in [0.5, 0.6) is 0 Å². The lowest BCUT2D eigenvalue weighted by molar-refractivity contribution is 0.942. The van der Waals surface area contributed by atoms with Crippen LogP contribution in [-0.2, 0) is 0 Å². The average molecular weight is 166 g/mol. The molecule has 1 aliphatic rings. The fraction of sp³-hybridized carbons (Fsp3) is 0.500. The van der Waals surface area contributed by atoms with Gasteiger partial charge in [-0.3, -0.25) is 0 Å². The van der Waals surface area contributed by atoms with Crippen molar-refractivity contribution in [1.29, 1.82) is 5.26 Å². The molecule has 11 heavy (non-hydrogen) atoms. The lowest BCUT2D eigenvalue weighted by Gasteiger charge is -1.81. The van der Waals surface area contributed by atoms with E-state index >= 15 is 0 Å². The molecule has 0 bridgehead atoms. The molecule has 1 fully saturated rings. The van der Waals surface area contributed by atoms with Gasteiger partial charge < -0.3 is 5.73 Å². The molecule has 5 heteroatoms. The molecule has 1 saturated carbocycles. The van der Waals surface area contributed by atoms with Gasteiger partial charge in [0.05, 0.1) is 12.0 Å². The molecule has 0 aliphatic heterocycles. The van der Waals surface area contributed by atoms with Crippen molar-refractivity contribution in [2.75, 3.05) is 5.73 Å². The largest absolute Gasteiger partial charge is 0.374 e. The Bertz CT molecular complexity index is 313. The predicted molar refractivity (Wildman–Crippen MR) is 40.8 cm³/mol. The second-order valence-corrected chi connectivity index (χ2v) is 3.60. The number of hydrogen-bond donors (Lipinski definition) is 1. The average Bonchev–Trinajstić information content (AvgIpc) is 2.68. The molecule has 0 unspecified atom stereocenters. The fourth-order valence-electron chi connectivity index (χ4n) is 1.01. The molecular weight excluding hydrogens is 160 g/mol. The van der Waals surface area contributed by atoms with Gasteiger partial charge >= 0.3 is 0 Å². The van der Waals surface area contributed by atoms with E-state index in [-0.39, 0.29) is 5.92 Å². The monoisotopic (exact) mass is 166 g/mol. The molecule has 0 radical (unpaired) electrons. The summed E-state index contributed by atoms with van der Waals surface area (Å²) < 4.78 is 0. The van der Waals surface area contributed by atoms with Crippen LogP contribution >= 0.6 is 11.3 Å². The maximum absolute atomic E-state index is 8.52. The highest BCUT2D eigenvalue weighted by Gasteiger charge is 2.41. The number of hydrogen-bond acceptors (Lipinski definition) is 5. The molecule has 4 nitrogen and oxygen atoms in total. The summed E-state index contributed by atoms with van der Waals surface area (Å²) in [6, 6.07) is 2.19. The van der Waals surface area contributed by atoms with Crippen molar-refractivity contribution in [2.45, 2.75) is 12.3 Å². The summed E-state index contributed by atoms with van der Waals surface area (Å²) >= 11 is 1.38. The number of rotatable bonds is 1. The van der Waals surface area contributed by atoms with Gasteiger partial charge in [0.25, 0.3) is 0 Å². The topological polar surface area (TPSA) is 75.6 Å². The van der Waals surface area contributed by atoms with Gasteiger partial charge in [-0.2, -0.15) is 5.26 Å². The first-order valence-corrected chi connectivity index (χ1v) is 4.11. The maximum atomic E-state index is 8.52. The zero-order valence-electron chi connectivity index (χ0n) is 5.69. The van der Waals surface area contributed by atoms with Crippen LogP contribution in [0.25, 0.3) is 0 Å². The first-order chi connectivity index (χ1) is 5.31. The van der Waals surface area contributed by atoms with Crippen LogP contribution < -0.4 is 5.73 Å². The van der Waals surface area contributed by atoms with Gasteiger partial charge in [-0.1, -0.05) is 11.3 Å². The molecule has 1 aromatic heterocycles. The van der Waals surface area contributed by atoms with Crippen LogP contribution in [0.15, 0.2) is 0 Å². The highest BCUT2D eigenvalue weighted by molar-refractivity contribution is 7.15. The number of aromatic nitrogens is 2. The molecule has 1 aliphatic carbocycles. The molecule has 2 rings (SSSR count). The zero-order chi connectivity index (χ0) is 7.84. The van der Waals surface area contributed by atoms with Gasteiger partial charge in [-0.25, -0.2) is 0 Å². The van der Waals surface area contributed by atoms with E-state index in [0.29, 0.717) is 11.0 Å². The van der Waals surface area contributed by atoms with E-state index in [0.717, 1.165) is 11.4 Å². The van der Waals surface area contributed by atoms with Crippen molar-refractivity contribution < 1.29 is 0 Å². The Kier molecular flexibility index (Phi) is 1.29. The molecule has 0 aromatic carbocycles. The molecule has 2 N–H and O–H groups in total. The molecule has 1 aromatic rings. The third kappa shape index (κ3) is 1.05. The minimum Gasteiger partial charge on any atom is -0.374 e. The second-order valence-electron chi connectivity index (χ2n) is 2.56. The molecule has 0 spiro atoms. The van der Waals surface area contributed by atoms with Crippen LogP contribution in [0.2, 0.25) is 0 Å². The summed E-state index contributed by atoms with van der Waals surface area (Å²) in [6.07, 6.45) is 0.922. The third-order valence-electron chi connectivity index (χ3n) is 1.73. The first kappa shape index (κ1) is 6.55. The quantitative estimate of drug-likeness (QED) is 0.667. The van der Waals surface area contributed by atoms with Gasteiger partial charge in [0.1, 0.15) is 5.01 Å². The van der Waals surface area contributed by atoms with Crippen LogP contribution in [0, 0.1) is 17.2 Å². The van der Waals surface area contributed by atoms with Crippen LogP contribution in [0.3, 0.4) is 0 Å². The highest BCUT2D eigenvalue weighted by Crippen LogP contribution is 2.47. The van der Waals surface area contributed by atoms with Crippen molar-refractivity contribution in [3.63, 3.8) is 0 Å². The number of nitrogens with two attached hydrogens (primary N) is 1. The maximum Gasteiger partial charge on any atom is 0.203 e. The van der Waals surface area contributed by atoms with E-state index in [9.17, 15) is 0 Å². The van der Waals surface area contributed by atoms with Gasteiger partial charge in [0.15, 0.2) is 0 Å². The summed E-state index contributed by atoms with van der Waals surface area (Å²) in [7, 11) is 0. The Morgan fingerprint density at radius 3 is 2.91 bits per heavy atom. The van der Waals surface area contributed by atoms with E-state index < -0.39 is 0 Å². The van der Waals surface area contributed by atoms with E-state index in [1.807, 2.05) is 0 Å². The molecule has 0 saturated heterocycles. The number of anilines is 1. The minimum absolute atomic E-state index is 0.155. The fourth-order valence-corrected chi connectivity index (χ4v) is 1.80. The molecule has 1 heterocycles. The minimum atomic E-state index is 0.155. The van der Waals surface area contributed by atoms with Crippen LogP contribution in [0.4, 0.5) is 5.13 Å². The predicted octanol–water partition coefficient (Wildman–Crippen LogP) is 0.747. The molecule has 56 valence electrons.